The summed E-state index contributed by atoms with van der Waals surface area (Å²) < 4.78 is 28.5. The van der Waals surface area contributed by atoms with Crippen LogP contribution in [0.15, 0.2) is 36.7 Å². The summed E-state index contributed by atoms with van der Waals surface area (Å²) in [5.41, 5.74) is 2.41. The maximum Gasteiger partial charge on any atom is 0.185 e. The quantitative estimate of drug-likeness (QED) is 0.678. The Morgan fingerprint density at radius 1 is 1.07 bits per heavy atom. The molecule has 0 bridgehead atoms. The summed E-state index contributed by atoms with van der Waals surface area (Å²) in [5.74, 6) is 1.19. The van der Waals surface area contributed by atoms with Gasteiger partial charge in [0.2, 0.25) is 0 Å². The Labute approximate surface area is 178 Å². The zero-order valence-corrected chi connectivity index (χ0v) is 18.8. The minimum atomic E-state index is -2.82. The van der Waals surface area contributed by atoms with Crippen LogP contribution in [0.1, 0.15) is 31.7 Å². The fourth-order valence-corrected chi connectivity index (χ4v) is 6.33. The van der Waals surface area contributed by atoms with Crippen LogP contribution in [0.3, 0.4) is 0 Å². The van der Waals surface area contributed by atoms with E-state index >= 15 is 0 Å². The van der Waals surface area contributed by atoms with E-state index in [0.717, 1.165) is 49.7 Å². The normalized spacial score (nSPS) is 23.1. The molecule has 2 aliphatic rings. The van der Waals surface area contributed by atoms with Crippen LogP contribution >= 0.6 is 12.2 Å². The fraction of sp³-hybridized carbons (Fsp3) is 0.571. The van der Waals surface area contributed by atoms with Gasteiger partial charge in [0.15, 0.2) is 14.6 Å². The number of hydrogen-bond donors (Lipinski definition) is 0. The van der Waals surface area contributed by atoms with Crippen molar-refractivity contribution in [1.29, 1.82) is 0 Å². The number of sulfone groups is 1. The lowest BCUT2D eigenvalue weighted by Gasteiger charge is -2.37. The number of nitrogens with zero attached hydrogens (tertiary/aromatic N) is 4. The van der Waals surface area contributed by atoms with Gasteiger partial charge in [-0.25, -0.2) is 8.42 Å². The highest BCUT2D eigenvalue weighted by Crippen LogP contribution is 2.20. The fourth-order valence-electron chi connectivity index (χ4n) is 4.29. The van der Waals surface area contributed by atoms with Crippen molar-refractivity contribution in [3.05, 3.63) is 47.0 Å². The van der Waals surface area contributed by atoms with Crippen molar-refractivity contribution < 1.29 is 8.42 Å². The van der Waals surface area contributed by atoms with E-state index in [1.165, 1.54) is 5.56 Å². The van der Waals surface area contributed by atoms with Crippen molar-refractivity contribution in [2.45, 2.75) is 38.9 Å². The van der Waals surface area contributed by atoms with Crippen LogP contribution < -0.4 is 0 Å². The number of piperazine rings is 1. The largest absolute Gasteiger partial charge is 0.310 e. The first kappa shape index (κ1) is 20.8. The minimum Gasteiger partial charge on any atom is -0.310 e. The third kappa shape index (κ3) is 4.66. The van der Waals surface area contributed by atoms with E-state index in [4.69, 9.17) is 12.2 Å². The summed E-state index contributed by atoms with van der Waals surface area (Å²) in [7, 11) is -2.82. The van der Waals surface area contributed by atoms with Gasteiger partial charge in [-0.1, -0.05) is 26.0 Å². The van der Waals surface area contributed by atoms with Gasteiger partial charge in [0.1, 0.15) is 0 Å². The van der Waals surface area contributed by atoms with Crippen LogP contribution in [0.25, 0.3) is 5.69 Å². The molecule has 2 fully saturated rings. The maximum atomic E-state index is 11.7. The highest BCUT2D eigenvalue weighted by atomic mass is 32.2. The van der Waals surface area contributed by atoms with E-state index in [9.17, 15) is 8.42 Å². The molecule has 2 saturated heterocycles. The first-order valence-electron chi connectivity index (χ1n) is 10.4. The Kier molecular flexibility index (Phi) is 5.97. The number of hydrogen-bond acceptors (Lipinski definition) is 5. The average molecular weight is 435 g/mol. The summed E-state index contributed by atoms with van der Waals surface area (Å²) in [6.45, 7) is 8.88. The summed E-state index contributed by atoms with van der Waals surface area (Å²) in [6.07, 6.45) is 4.87. The third-order valence-electron chi connectivity index (χ3n) is 6.17. The zero-order valence-electron chi connectivity index (χ0n) is 17.2. The molecule has 2 aliphatic heterocycles. The number of benzene rings is 1. The van der Waals surface area contributed by atoms with Crippen LogP contribution in [-0.4, -0.2) is 71.1 Å². The molecule has 0 spiro atoms. The highest BCUT2D eigenvalue weighted by Gasteiger charge is 2.33. The second-order valence-corrected chi connectivity index (χ2v) is 11.1. The van der Waals surface area contributed by atoms with E-state index in [0.29, 0.717) is 17.4 Å². The first-order valence-corrected chi connectivity index (χ1v) is 12.6. The zero-order chi connectivity index (χ0) is 20.6. The second kappa shape index (κ2) is 8.34. The lowest BCUT2D eigenvalue weighted by molar-refractivity contribution is 0.0843. The van der Waals surface area contributed by atoms with Crippen molar-refractivity contribution in [2.75, 3.05) is 37.7 Å². The van der Waals surface area contributed by atoms with Gasteiger partial charge < -0.3 is 4.57 Å². The predicted molar refractivity (Wildman–Crippen MR) is 119 cm³/mol. The van der Waals surface area contributed by atoms with E-state index in [2.05, 4.69) is 63.2 Å². The van der Waals surface area contributed by atoms with Crippen molar-refractivity contribution in [3.8, 4) is 5.69 Å². The molecule has 8 heteroatoms. The maximum absolute atomic E-state index is 11.7. The molecule has 1 atom stereocenters. The van der Waals surface area contributed by atoms with Crippen molar-refractivity contribution in [1.82, 2.24) is 18.9 Å². The number of aromatic nitrogens is 2. The molecule has 0 amide bonds. The molecule has 6 nitrogen and oxygen atoms in total. The topological polar surface area (TPSA) is 50.5 Å². The highest BCUT2D eigenvalue weighted by molar-refractivity contribution is 7.91. The van der Waals surface area contributed by atoms with Crippen LogP contribution in [0.5, 0.6) is 0 Å². The summed E-state index contributed by atoms with van der Waals surface area (Å²) in [4.78, 5) is 4.74. The monoisotopic (exact) mass is 434 g/mol. The smallest absolute Gasteiger partial charge is 0.185 e. The average Bonchev–Trinajstić information content (AvgIpc) is 3.25. The van der Waals surface area contributed by atoms with Gasteiger partial charge >= 0.3 is 0 Å². The Morgan fingerprint density at radius 3 is 2.34 bits per heavy atom. The summed E-state index contributed by atoms with van der Waals surface area (Å²) in [5, 5.41) is 0. The molecule has 2 aromatic rings. The summed E-state index contributed by atoms with van der Waals surface area (Å²) >= 11 is 5.72. The van der Waals surface area contributed by atoms with Crippen molar-refractivity contribution >= 4 is 22.1 Å². The van der Waals surface area contributed by atoms with Gasteiger partial charge in [-0.05, 0) is 42.3 Å². The molecule has 0 saturated carbocycles. The van der Waals surface area contributed by atoms with Crippen LogP contribution in [0, 0.1) is 4.77 Å². The molecule has 1 unspecified atom stereocenters. The van der Waals surface area contributed by atoms with Crippen LogP contribution in [-0.2, 0) is 16.5 Å². The Balaban J connectivity index is 1.37. The Bertz CT molecular complexity index is 1000. The molecule has 1 aromatic carbocycles. The molecule has 0 N–H and O–H groups in total. The van der Waals surface area contributed by atoms with Crippen molar-refractivity contribution in [2.24, 2.45) is 0 Å². The molecule has 158 valence electrons. The lowest BCUT2D eigenvalue weighted by Crippen LogP contribution is -2.50. The minimum absolute atomic E-state index is 0.208. The molecular formula is C21H30N4O2S2. The molecule has 0 radical (unpaired) electrons. The standard InChI is InChI=1S/C21H30N4O2S2/c1-17(2)18-3-5-19(6-4-18)25-13-12-24(21(25)28)16-22-8-10-23(11-9-22)20-7-14-29(26,27)15-20/h3-6,12-13,17,20H,7-11,14-16H2,1-2H3. The van der Waals surface area contributed by atoms with E-state index in [1.807, 2.05) is 6.20 Å². The Hall–Kier alpha value is -1.48. The molecule has 29 heavy (non-hydrogen) atoms. The van der Waals surface area contributed by atoms with Gasteiger partial charge in [0.25, 0.3) is 0 Å². The van der Waals surface area contributed by atoms with Gasteiger partial charge in [0.05, 0.1) is 18.2 Å². The molecular weight excluding hydrogens is 404 g/mol. The van der Waals surface area contributed by atoms with E-state index in [1.54, 1.807) is 0 Å². The molecule has 4 rings (SSSR count). The van der Waals surface area contributed by atoms with E-state index in [-0.39, 0.29) is 6.04 Å². The number of rotatable bonds is 5. The van der Waals surface area contributed by atoms with E-state index < -0.39 is 9.84 Å². The molecule has 0 aliphatic carbocycles. The molecule has 3 heterocycles. The first-order chi connectivity index (χ1) is 13.8. The van der Waals surface area contributed by atoms with Gasteiger partial charge in [-0.15, -0.1) is 0 Å². The summed E-state index contributed by atoms with van der Waals surface area (Å²) in [6, 6.07) is 8.80. The predicted octanol–water partition coefficient (Wildman–Crippen LogP) is 2.89. The lowest BCUT2D eigenvalue weighted by atomic mass is 10.0. The van der Waals surface area contributed by atoms with Gasteiger partial charge in [-0.3, -0.25) is 14.4 Å². The van der Waals surface area contributed by atoms with Crippen LogP contribution in [0.2, 0.25) is 0 Å². The molecule has 1 aromatic heterocycles. The SMILES string of the molecule is CC(C)c1ccc(-n2ccn(CN3CCN(C4CCS(=O)(=O)C4)CC3)c2=S)cc1. The number of imidazole rings is 1. The Morgan fingerprint density at radius 2 is 1.76 bits per heavy atom. The van der Waals surface area contributed by atoms with Crippen molar-refractivity contribution in [3.63, 3.8) is 0 Å². The van der Waals surface area contributed by atoms with Gasteiger partial charge in [-0.2, -0.15) is 0 Å². The van der Waals surface area contributed by atoms with Gasteiger partial charge in [0, 0.05) is 50.3 Å². The van der Waals surface area contributed by atoms with Crippen LogP contribution in [0.4, 0.5) is 0 Å². The second-order valence-electron chi connectivity index (χ2n) is 8.52. The third-order valence-corrected chi connectivity index (χ3v) is 8.35.